The van der Waals surface area contributed by atoms with E-state index >= 15 is 0 Å². The largest absolute Gasteiger partial charge is 0.481 e. The summed E-state index contributed by atoms with van der Waals surface area (Å²) in [7, 11) is 0. The minimum absolute atomic E-state index is 0.193. The molecule has 36 heavy (non-hydrogen) atoms. The van der Waals surface area contributed by atoms with Crippen molar-refractivity contribution in [1.82, 2.24) is 9.97 Å². The summed E-state index contributed by atoms with van der Waals surface area (Å²) in [5.41, 5.74) is 4.88. The molecule has 8 nitrogen and oxygen atoms in total. The fourth-order valence-corrected chi connectivity index (χ4v) is 5.52. The molecule has 3 aliphatic rings. The molecule has 2 saturated heterocycles. The number of pyridine rings is 1. The molecule has 2 aromatic heterocycles. The van der Waals surface area contributed by atoms with Crippen molar-refractivity contribution in [2.75, 3.05) is 13.2 Å². The van der Waals surface area contributed by atoms with E-state index in [-0.39, 0.29) is 30.8 Å². The first-order chi connectivity index (χ1) is 17.5. The number of carboxylic acids is 1. The summed E-state index contributed by atoms with van der Waals surface area (Å²) in [5, 5.41) is 19.1. The minimum atomic E-state index is -0.667. The Morgan fingerprint density at radius 1 is 1.00 bits per heavy atom. The van der Waals surface area contributed by atoms with Crippen LogP contribution in [0, 0.1) is 5.92 Å². The van der Waals surface area contributed by atoms with Crippen molar-refractivity contribution in [2.24, 2.45) is 5.92 Å². The fraction of sp³-hybridized carbons (Fsp3) is 0.500. The Morgan fingerprint density at radius 3 is 2.44 bits per heavy atom. The van der Waals surface area contributed by atoms with Gasteiger partial charge in [-0.2, -0.15) is 0 Å². The van der Waals surface area contributed by atoms with E-state index in [1.165, 1.54) is 5.56 Å². The monoisotopic (exact) mass is 494 g/mol. The summed E-state index contributed by atoms with van der Waals surface area (Å²) in [6.45, 7) is 4.65. The molecule has 3 N–H and O–H groups in total. The van der Waals surface area contributed by atoms with Crippen molar-refractivity contribution in [2.45, 2.75) is 69.9 Å². The van der Waals surface area contributed by atoms with Gasteiger partial charge < -0.3 is 29.4 Å². The highest BCUT2D eigenvalue weighted by molar-refractivity contribution is 5.80. The van der Waals surface area contributed by atoms with Crippen molar-refractivity contribution < 1.29 is 29.2 Å². The average Bonchev–Trinajstić information content (AvgIpc) is 3.61. The SMILES string of the molecule is CC.O=C(O)C1CCC(c2ccc(-c3ccc4[nH]c(O[C@@H]5COC6[C@H](O)CO[C@@H]65)cc4n3)cc2)CC1. The molecule has 4 heterocycles. The molecule has 1 saturated carbocycles. The van der Waals surface area contributed by atoms with Crippen LogP contribution >= 0.6 is 0 Å². The average molecular weight is 495 g/mol. The first-order valence-electron chi connectivity index (χ1n) is 13.0. The molecule has 192 valence electrons. The number of aromatic amines is 1. The zero-order valence-corrected chi connectivity index (χ0v) is 20.7. The number of fused-ring (bicyclic) bond motifs is 2. The lowest BCUT2D eigenvalue weighted by atomic mass is 9.78. The number of nitrogens with zero attached hydrogens (tertiary/aromatic N) is 1. The summed E-state index contributed by atoms with van der Waals surface area (Å²) in [5.74, 6) is 0.168. The van der Waals surface area contributed by atoms with Crippen LogP contribution in [0.1, 0.15) is 51.0 Å². The van der Waals surface area contributed by atoms with E-state index in [1.54, 1.807) is 0 Å². The summed E-state index contributed by atoms with van der Waals surface area (Å²) >= 11 is 0. The van der Waals surface area contributed by atoms with Gasteiger partial charge in [0.1, 0.15) is 18.3 Å². The normalized spacial score (nSPS) is 29.4. The van der Waals surface area contributed by atoms with Crippen LogP contribution in [0.3, 0.4) is 0 Å². The maximum Gasteiger partial charge on any atom is 0.306 e. The van der Waals surface area contributed by atoms with Gasteiger partial charge in [-0.25, -0.2) is 4.98 Å². The first-order valence-corrected chi connectivity index (χ1v) is 13.0. The van der Waals surface area contributed by atoms with Crippen molar-refractivity contribution in [1.29, 1.82) is 0 Å². The van der Waals surface area contributed by atoms with Gasteiger partial charge in [0.15, 0.2) is 12.0 Å². The molecular formula is C28H34N2O6. The number of hydrogen-bond donors (Lipinski definition) is 3. The summed E-state index contributed by atoms with van der Waals surface area (Å²) < 4.78 is 17.4. The van der Waals surface area contributed by atoms with Gasteiger partial charge in [-0.3, -0.25) is 4.79 Å². The number of rotatable bonds is 5. The molecule has 0 spiro atoms. The number of H-pyrrole nitrogens is 1. The van der Waals surface area contributed by atoms with Crippen LogP contribution in [0.25, 0.3) is 22.3 Å². The summed E-state index contributed by atoms with van der Waals surface area (Å²) in [6, 6.07) is 14.3. The molecule has 4 atom stereocenters. The molecular weight excluding hydrogens is 460 g/mol. The third-order valence-corrected chi connectivity index (χ3v) is 7.46. The second-order valence-corrected chi connectivity index (χ2v) is 9.59. The number of ether oxygens (including phenoxy) is 3. The van der Waals surface area contributed by atoms with E-state index in [0.29, 0.717) is 18.4 Å². The summed E-state index contributed by atoms with van der Waals surface area (Å²) in [6.07, 6.45) is 1.88. The molecule has 1 aliphatic carbocycles. The molecule has 0 bridgehead atoms. The molecule has 3 fully saturated rings. The van der Waals surface area contributed by atoms with Crippen LogP contribution in [0.2, 0.25) is 0 Å². The Labute approximate surface area is 210 Å². The zero-order valence-electron chi connectivity index (χ0n) is 20.7. The molecule has 0 radical (unpaired) electrons. The van der Waals surface area contributed by atoms with Crippen LogP contribution in [-0.4, -0.2) is 63.8 Å². The topological polar surface area (TPSA) is 114 Å². The Bertz CT molecular complexity index is 1180. The fourth-order valence-electron chi connectivity index (χ4n) is 5.52. The zero-order chi connectivity index (χ0) is 25.2. The van der Waals surface area contributed by atoms with Gasteiger partial charge in [0.05, 0.1) is 35.9 Å². The molecule has 3 aromatic rings. The van der Waals surface area contributed by atoms with Crippen LogP contribution < -0.4 is 4.74 Å². The van der Waals surface area contributed by atoms with Crippen molar-refractivity contribution in [3.8, 4) is 17.1 Å². The highest BCUT2D eigenvalue weighted by Crippen LogP contribution is 2.37. The van der Waals surface area contributed by atoms with E-state index in [4.69, 9.17) is 19.2 Å². The highest BCUT2D eigenvalue weighted by atomic mass is 16.6. The lowest BCUT2D eigenvalue weighted by Gasteiger charge is -2.26. The minimum Gasteiger partial charge on any atom is -0.481 e. The van der Waals surface area contributed by atoms with E-state index in [2.05, 4.69) is 29.2 Å². The second kappa shape index (κ2) is 10.6. The Hall–Kier alpha value is -2.94. The third-order valence-electron chi connectivity index (χ3n) is 7.46. The number of carboxylic acid groups (broad SMARTS) is 1. The lowest BCUT2D eigenvalue weighted by Crippen LogP contribution is -2.34. The Balaban J connectivity index is 0.00000130. The number of benzene rings is 1. The van der Waals surface area contributed by atoms with Crippen LogP contribution in [0.5, 0.6) is 5.88 Å². The van der Waals surface area contributed by atoms with Crippen LogP contribution in [0.15, 0.2) is 42.5 Å². The lowest BCUT2D eigenvalue weighted by molar-refractivity contribution is -0.142. The number of aliphatic hydroxyl groups excluding tert-OH is 1. The number of nitrogens with one attached hydrogen (secondary N) is 1. The standard InChI is InChI=1S/C26H28N2O6.C2H6/c29-21-12-32-25-22(13-33-24(21)25)34-23-11-20-19(28-23)10-9-18(27-20)16-5-1-14(2-6-16)15-3-7-17(8-4-15)26(30)31;1-2/h1-2,5-6,9-11,15,17,21-22,24-25,28-29H,3-4,7-8,12-13H2,(H,30,31);1-2H3/t15?,17?,21-,22-,24?,25-;/m1./s1. The van der Waals surface area contributed by atoms with Gasteiger partial charge in [-0.1, -0.05) is 38.1 Å². The third kappa shape index (κ3) is 4.85. The Morgan fingerprint density at radius 2 is 1.72 bits per heavy atom. The smallest absolute Gasteiger partial charge is 0.306 e. The van der Waals surface area contributed by atoms with E-state index < -0.39 is 12.1 Å². The van der Waals surface area contributed by atoms with Crippen LogP contribution in [-0.2, 0) is 14.3 Å². The molecule has 2 aliphatic heterocycles. The van der Waals surface area contributed by atoms with E-state index in [9.17, 15) is 15.0 Å². The van der Waals surface area contributed by atoms with E-state index in [0.717, 1.165) is 48.0 Å². The second-order valence-electron chi connectivity index (χ2n) is 9.59. The maximum atomic E-state index is 11.2. The highest BCUT2D eigenvalue weighted by Gasteiger charge is 2.48. The molecule has 6 rings (SSSR count). The number of carbonyl (C=O) groups is 1. The van der Waals surface area contributed by atoms with Gasteiger partial charge in [-0.15, -0.1) is 0 Å². The van der Waals surface area contributed by atoms with Crippen molar-refractivity contribution >= 4 is 17.0 Å². The predicted octanol–water partition coefficient (Wildman–Crippen LogP) is 4.52. The molecule has 1 unspecified atom stereocenters. The van der Waals surface area contributed by atoms with Gasteiger partial charge in [-0.05, 0) is 49.3 Å². The predicted molar refractivity (Wildman–Crippen MR) is 135 cm³/mol. The quantitative estimate of drug-likeness (QED) is 0.478. The number of aliphatic hydroxyl groups is 1. The first kappa shape index (κ1) is 24.7. The van der Waals surface area contributed by atoms with Gasteiger partial charge in [0.2, 0.25) is 0 Å². The van der Waals surface area contributed by atoms with Crippen molar-refractivity contribution in [3.05, 3.63) is 48.0 Å². The molecule has 0 amide bonds. The van der Waals surface area contributed by atoms with Gasteiger partial charge in [0.25, 0.3) is 0 Å². The molecule has 8 heteroatoms. The van der Waals surface area contributed by atoms with Crippen molar-refractivity contribution in [3.63, 3.8) is 0 Å². The van der Waals surface area contributed by atoms with E-state index in [1.807, 2.05) is 32.0 Å². The number of aliphatic carboxylic acids is 1. The number of aromatic nitrogens is 2. The van der Waals surface area contributed by atoms with Gasteiger partial charge >= 0.3 is 5.97 Å². The molecule has 1 aromatic carbocycles. The maximum absolute atomic E-state index is 11.2. The Kier molecular flexibility index (Phi) is 7.27. The van der Waals surface area contributed by atoms with Gasteiger partial charge in [0, 0.05) is 11.6 Å². The summed E-state index contributed by atoms with van der Waals surface area (Å²) in [4.78, 5) is 19.3. The number of hydrogen-bond acceptors (Lipinski definition) is 6. The van der Waals surface area contributed by atoms with Crippen LogP contribution in [0.4, 0.5) is 0 Å².